The van der Waals surface area contributed by atoms with E-state index < -0.39 is 0 Å². The molecule has 0 radical (unpaired) electrons. The molecule has 1 fully saturated rings. The molecule has 2 aromatic rings. The van der Waals surface area contributed by atoms with E-state index in [1.807, 2.05) is 42.7 Å². The quantitative estimate of drug-likeness (QED) is 0.564. The highest BCUT2D eigenvalue weighted by atomic mass is 35.5. The van der Waals surface area contributed by atoms with Crippen molar-refractivity contribution >= 4 is 58.0 Å². The van der Waals surface area contributed by atoms with Crippen molar-refractivity contribution in [2.24, 2.45) is 0 Å². The zero-order valence-corrected chi connectivity index (χ0v) is 15.8. The van der Waals surface area contributed by atoms with E-state index >= 15 is 0 Å². The second-order valence-corrected chi connectivity index (χ2v) is 7.48. The molecular formula is C18H15ClN2O2S2. The van der Waals surface area contributed by atoms with Crippen molar-refractivity contribution < 1.29 is 9.59 Å². The molecule has 25 heavy (non-hydrogen) atoms. The molecule has 0 aliphatic carbocycles. The number of carbonyl (C=O) groups excluding carboxylic acids is 2. The Morgan fingerprint density at radius 3 is 2.56 bits per heavy atom. The highest BCUT2D eigenvalue weighted by Gasteiger charge is 2.34. The van der Waals surface area contributed by atoms with Gasteiger partial charge in [-0.25, -0.2) is 0 Å². The highest BCUT2D eigenvalue weighted by Crippen LogP contribution is 2.32. The molecule has 0 unspecified atom stereocenters. The van der Waals surface area contributed by atoms with Gasteiger partial charge >= 0.3 is 0 Å². The number of hydrogen-bond acceptors (Lipinski definition) is 5. The second-order valence-electron chi connectivity index (χ2n) is 5.20. The summed E-state index contributed by atoms with van der Waals surface area (Å²) in [6, 6.07) is 15.0. The van der Waals surface area contributed by atoms with E-state index in [9.17, 15) is 9.59 Å². The Hall–Kier alpha value is -1.89. The molecular weight excluding hydrogens is 376 g/mol. The van der Waals surface area contributed by atoms with Gasteiger partial charge in [0.1, 0.15) is 0 Å². The monoisotopic (exact) mass is 390 g/mol. The van der Waals surface area contributed by atoms with Gasteiger partial charge in [0.2, 0.25) is 0 Å². The summed E-state index contributed by atoms with van der Waals surface area (Å²) >= 11 is 8.67. The predicted octanol–water partition coefficient (Wildman–Crippen LogP) is 5.17. The Bertz CT molecular complexity index is 837. The molecule has 4 nitrogen and oxygen atoms in total. The first kappa shape index (κ1) is 17.9. The molecule has 1 aliphatic rings. The van der Waals surface area contributed by atoms with Crippen LogP contribution in [0.3, 0.4) is 0 Å². The lowest BCUT2D eigenvalue weighted by Crippen LogP contribution is -2.33. The molecule has 1 N–H and O–H groups in total. The molecule has 1 heterocycles. The molecule has 1 saturated heterocycles. The fraction of sp³-hybridized carbons (Fsp3) is 0.111. The van der Waals surface area contributed by atoms with Crippen molar-refractivity contribution in [3.05, 3.63) is 64.0 Å². The van der Waals surface area contributed by atoms with Gasteiger partial charge < -0.3 is 5.32 Å². The van der Waals surface area contributed by atoms with E-state index in [4.69, 9.17) is 11.6 Å². The third kappa shape index (κ3) is 4.21. The van der Waals surface area contributed by atoms with Crippen LogP contribution in [0.5, 0.6) is 0 Å². The Kier molecular flexibility index (Phi) is 5.73. The number of imide groups is 1. The van der Waals surface area contributed by atoms with Crippen LogP contribution < -0.4 is 5.32 Å². The molecule has 0 bridgehead atoms. The topological polar surface area (TPSA) is 49.4 Å². The molecule has 2 amide bonds. The van der Waals surface area contributed by atoms with E-state index in [1.165, 1.54) is 4.90 Å². The minimum atomic E-state index is -0.302. The highest BCUT2D eigenvalue weighted by molar-refractivity contribution is 8.18. The van der Waals surface area contributed by atoms with Crippen LogP contribution in [0, 0.1) is 0 Å². The summed E-state index contributed by atoms with van der Waals surface area (Å²) in [5, 5.41) is 3.27. The first-order chi connectivity index (χ1) is 12.1. The number of benzene rings is 2. The van der Waals surface area contributed by atoms with Gasteiger partial charge in [-0.3, -0.25) is 14.5 Å². The number of rotatable bonds is 5. The molecule has 0 saturated carbocycles. The van der Waals surface area contributed by atoms with Crippen LogP contribution in [0.1, 0.15) is 5.56 Å². The largest absolute Gasteiger partial charge is 0.366 e. The van der Waals surface area contributed by atoms with Gasteiger partial charge in [0.15, 0.2) is 0 Å². The maximum Gasteiger partial charge on any atom is 0.295 e. The number of amides is 2. The predicted molar refractivity (Wildman–Crippen MR) is 106 cm³/mol. The number of anilines is 1. The van der Waals surface area contributed by atoms with Gasteiger partial charge in [0, 0.05) is 4.90 Å². The average molecular weight is 391 g/mol. The van der Waals surface area contributed by atoms with Gasteiger partial charge in [-0.2, -0.15) is 0 Å². The lowest BCUT2D eigenvalue weighted by Gasteiger charge is -2.15. The van der Waals surface area contributed by atoms with Crippen LogP contribution in [0.25, 0.3) is 6.08 Å². The number of hydrogen-bond donors (Lipinski definition) is 1. The minimum absolute atomic E-state index is 0.0805. The average Bonchev–Trinajstić information content (AvgIpc) is 2.88. The van der Waals surface area contributed by atoms with Crippen molar-refractivity contribution in [2.45, 2.75) is 4.90 Å². The second kappa shape index (κ2) is 7.99. The zero-order valence-electron chi connectivity index (χ0n) is 13.4. The van der Waals surface area contributed by atoms with E-state index in [-0.39, 0.29) is 17.8 Å². The normalized spacial score (nSPS) is 15.9. The Balaban J connectivity index is 1.71. The van der Waals surface area contributed by atoms with Crippen LogP contribution in [0.15, 0.2) is 58.3 Å². The molecule has 7 heteroatoms. The number of nitrogens with one attached hydrogen (secondary N) is 1. The zero-order chi connectivity index (χ0) is 17.8. The Morgan fingerprint density at radius 2 is 1.88 bits per heavy atom. The van der Waals surface area contributed by atoms with E-state index in [1.54, 1.807) is 30.0 Å². The fourth-order valence-electron chi connectivity index (χ4n) is 2.26. The van der Waals surface area contributed by atoms with Crippen molar-refractivity contribution in [2.75, 3.05) is 18.2 Å². The fourth-order valence-corrected chi connectivity index (χ4v) is 3.71. The molecule has 2 aromatic carbocycles. The lowest BCUT2D eigenvalue weighted by molar-refractivity contribution is -0.122. The van der Waals surface area contributed by atoms with Gasteiger partial charge in [-0.05, 0) is 53.9 Å². The summed E-state index contributed by atoms with van der Waals surface area (Å²) in [7, 11) is 0. The summed E-state index contributed by atoms with van der Waals surface area (Å²) in [6.45, 7) is 0.0805. The van der Waals surface area contributed by atoms with E-state index in [2.05, 4.69) is 5.32 Å². The summed E-state index contributed by atoms with van der Waals surface area (Å²) in [5.74, 6) is -0.302. The molecule has 128 valence electrons. The number of carbonyl (C=O) groups is 2. The number of halogens is 1. The first-order valence-corrected chi connectivity index (χ1v) is 9.88. The number of thioether (sulfide) groups is 2. The van der Waals surface area contributed by atoms with Gasteiger partial charge in [-0.15, -0.1) is 11.8 Å². The van der Waals surface area contributed by atoms with Crippen molar-refractivity contribution in [3.8, 4) is 0 Å². The van der Waals surface area contributed by atoms with Gasteiger partial charge in [-0.1, -0.05) is 35.9 Å². The van der Waals surface area contributed by atoms with Crippen LogP contribution in [0.2, 0.25) is 5.02 Å². The number of nitrogens with zero attached hydrogens (tertiary/aromatic N) is 1. The maximum absolute atomic E-state index is 12.5. The molecule has 0 atom stereocenters. The maximum atomic E-state index is 12.5. The molecule has 0 spiro atoms. The van der Waals surface area contributed by atoms with Crippen LogP contribution in [-0.4, -0.2) is 29.0 Å². The summed E-state index contributed by atoms with van der Waals surface area (Å²) < 4.78 is 0. The Labute approximate surface area is 159 Å². The van der Waals surface area contributed by atoms with Crippen molar-refractivity contribution in [1.82, 2.24) is 4.90 Å². The summed E-state index contributed by atoms with van der Waals surface area (Å²) in [5.41, 5.74) is 1.57. The number of para-hydroxylation sites is 1. The molecule has 3 rings (SSSR count). The van der Waals surface area contributed by atoms with Gasteiger partial charge in [0.05, 0.1) is 22.3 Å². The van der Waals surface area contributed by atoms with E-state index in [0.29, 0.717) is 15.6 Å². The molecule has 1 aliphatic heterocycles. The SMILES string of the molecule is CSc1ccc(/C=C2/SC(=O)N(CNc3ccccc3Cl)C2=O)cc1. The smallest absolute Gasteiger partial charge is 0.295 e. The Morgan fingerprint density at radius 1 is 1.16 bits per heavy atom. The van der Waals surface area contributed by atoms with Gasteiger partial charge in [0.25, 0.3) is 11.1 Å². The van der Waals surface area contributed by atoms with Crippen molar-refractivity contribution in [3.63, 3.8) is 0 Å². The summed E-state index contributed by atoms with van der Waals surface area (Å²) in [4.78, 5) is 27.4. The van der Waals surface area contributed by atoms with E-state index in [0.717, 1.165) is 22.2 Å². The third-order valence-electron chi connectivity index (χ3n) is 3.59. The third-order valence-corrected chi connectivity index (χ3v) is 5.57. The summed E-state index contributed by atoms with van der Waals surface area (Å²) in [6.07, 6.45) is 3.75. The van der Waals surface area contributed by atoms with Crippen LogP contribution in [-0.2, 0) is 4.79 Å². The van der Waals surface area contributed by atoms with Crippen LogP contribution in [0.4, 0.5) is 10.5 Å². The minimum Gasteiger partial charge on any atom is -0.366 e. The van der Waals surface area contributed by atoms with Crippen molar-refractivity contribution in [1.29, 1.82) is 0 Å². The van der Waals surface area contributed by atoms with Crippen LogP contribution >= 0.6 is 35.1 Å². The standard InChI is InChI=1S/C18H15ClN2O2S2/c1-24-13-8-6-12(7-9-13)10-16-17(22)21(18(23)25-16)11-20-15-5-3-2-4-14(15)19/h2-10,20H,11H2,1H3/b16-10+. The molecule has 0 aromatic heterocycles. The first-order valence-electron chi connectivity index (χ1n) is 7.46. The lowest BCUT2D eigenvalue weighted by atomic mass is 10.2.